The lowest BCUT2D eigenvalue weighted by Crippen LogP contribution is -2.19. The standard InChI is InChI=1S/C15H17N5O2/c21-20(22)13-5-3-12(4-6-13)10-16-14-9-15(18-11-17-14)19-7-1-2-8-19/h3-6,9,11H,1-2,7-8,10H2,(H,16,17,18). The highest BCUT2D eigenvalue weighted by molar-refractivity contribution is 5.49. The van der Waals surface area contributed by atoms with Crippen LogP contribution in [-0.2, 0) is 6.54 Å². The normalized spacial score (nSPS) is 14.1. The van der Waals surface area contributed by atoms with Crippen molar-refractivity contribution in [1.82, 2.24) is 9.97 Å². The van der Waals surface area contributed by atoms with Crippen LogP contribution in [-0.4, -0.2) is 28.0 Å². The van der Waals surface area contributed by atoms with Crippen molar-refractivity contribution >= 4 is 17.3 Å². The summed E-state index contributed by atoms with van der Waals surface area (Å²) in [5.41, 5.74) is 1.06. The average molecular weight is 299 g/mol. The first-order valence-electron chi connectivity index (χ1n) is 7.26. The molecule has 7 heteroatoms. The van der Waals surface area contributed by atoms with E-state index in [1.165, 1.54) is 25.0 Å². The highest BCUT2D eigenvalue weighted by atomic mass is 16.6. The molecular formula is C15H17N5O2. The Labute approximate surface area is 128 Å². The fourth-order valence-corrected chi connectivity index (χ4v) is 2.49. The molecule has 2 heterocycles. The predicted molar refractivity (Wildman–Crippen MR) is 83.9 cm³/mol. The van der Waals surface area contributed by atoms with E-state index in [0.29, 0.717) is 6.54 Å². The van der Waals surface area contributed by atoms with E-state index in [1.54, 1.807) is 18.5 Å². The van der Waals surface area contributed by atoms with Gasteiger partial charge in [-0.25, -0.2) is 9.97 Å². The molecule has 2 aromatic rings. The summed E-state index contributed by atoms with van der Waals surface area (Å²) in [4.78, 5) is 21.0. The first-order chi connectivity index (χ1) is 10.7. The third-order valence-corrected chi connectivity index (χ3v) is 3.70. The summed E-state index contributed by atoms with van der Waals surface area (Å²) in [6.45, 7) is 2.64. The number of benzene rings is 1. The first kappa shape index (κ1) is 14.2. The Hall–Kier alpha value is -2.70. The second-order valence-electron chi connectivity index (χ2n) is 5.23. The average Bonchev–Trinajstić information content (AvgIpc) is 3.08. The quantitative estimate of drug-likeness (QED) is 0.675. The maximum absolute atomic E-state index is 10.6. The maximum atomic E-state index is 10.6. The number of hydrogen-bond acceptors (Lipinski definition) is 6. The summed E-state index contributed by atoms with van der Waals surface area (Å²) in [7, 11) is 0. The van der Waals surface area contributed by atoms with Crippen LogP contribution in [0, 0.1) is 10.1 Å². The number of hydrogen-bond donors (Lipinski definition) is 1. The van der Waals surface area contributed by atoms with Crippen molar-refractivity contribution in [3.8, 4) is 0 Å². The van der Waals surface area contributed by atoms with E-state index in [0.717, 1.165) is 30.3 Å². The lowest BCUT2D eigenvalue weighted by molar-refractivity contribution is -0.384. The Balaban J connectivity index is 1.63. The van der Waals surface area contributed by atoms with Gasteiger partial charge in [-0.2, -0.15) is 0 Å². The van der Waals surface area contributed by atoms with Gasteiger partial charge in [-0.3, -0.25) is 10.1 Å². The second kappa shape index (κ2) is 6.38. The van der Waals surface area contributed by atoms with Gasteiger partial charge < -0.3 is 10.2 Å². The van der Waals surface area contributed by atoms with Crippen LogP contribution in [0.15, 0.2) is 36.7 Å². The minimum absolute atomic E-state index is 0.0992. The van der Waals surface area contributed by atoms with Gasteiger partial charge >= 0.3 is 0 Å². The molecule has 0 spiro atoms. The summed E-state index contributed by atoms with van der Waals surface area (Å²) in [5.74, 6) is 1.70. The molecule has 0 atom stereocenters. The highest BCUT2D eigenvalue weighted by Crippen LogP contribution is 2.20. The number of aromatic nitrogens is 2. The molecular weight excluding hydrogens is 282 g/mol. The Morgan fingerprint density at radius 3 is 2.59 bits per heavy atom. The zero-order valence-corrected chi connectivity index (χ0v) is 12.1. The van der Waals surface area contributed by atoms with Crippen LogP contribution in [0.3, 0.4) is 0 Å². The van der Waals surface area contributed by atoms with Crippen LogP contribution in [0.4, 0.5) is 17.3 Å². The summed E-state index contributed by atoms with van der Waals surface area (Å²) in [6.07, 6.45) is 3.97. The summed E-state index contributed by atoms with van der Waals surface area (Å²) >= 11 is 0. The molecule has 1 aromatic carbocycles. The largest absolute Gasteiger partial charge is 0.366 e. The third-order valence-electron chi connectivity index (χ3n) is 3.70. The van der Waals surface area contributed by atoms with Crippen molar-refractivity contribution in [1.29, 1.82) is 0 Å². The Morgan fingerprint density at radius 1 is 1.18 bits per heavy atom. The van der Waals surface area contributed by atoms with E-state index in [9.17, 15) is 10.1 Å². The molecule has 1 aromatic heterocycles. The van der Waals surface area contributed by atoms with Crippen molar-refractivity contribution in [2.45, 2.75) is 19.4 Å². The van der Waals surface area contributed by atoms with Crippen molar-refractivity contribution in [3.63, 3.8) is 0 Å². The molecule has 114 valence electrons. The zero-order valence-electron chi connectivity index (χ0n) is 12.1. The SMILES string of the molecule is O=[N+]([O-])c1ccc(CNc2cc(N3CCCC3)ncn2)cc1. The predicted octanol–water partition coefficient (Wildman–Crippen LogP) is 2.60. The minimum atomic E-state index is -0.399. The number of nitro benzene ring substituents is 1. The van der Waals surface area contributed by atoms with Crippen LogP contribution in [0.2, 0.25) is 0 Å². The van der Waals surface area contributed by atoms with Gasteiger partial charge in [-0.1, -0.05) is 12.1 Å². The molecule has 1 aliphatic rings. The smallest absolute Gasteiger partial charge is 0.269 e. The Bertz CT molecular complexity index is 653. The molecule has 0 unspecified atom stereocenters. The van der Waals surface area contributed by atoms with E-state index in [-0.39, 0.29) is 5.69 Å². The topological polar surface area (TPSA) is 84.2 Å². The molecule has 22 heavy (non-hydrogen) atoms. The fourth-order valence-electron chi connectivity index (χ4n) is 2.49. The number of nitrogens with one attached hydrogen (secondary N) is 1. The molecule has 1 N–H and O–H groups in total. The number of nitro groups is 1. The highest BCUT2D eigenvalue weighted by Gasteiger charge is 2.13. The van der Waals surface area contributed by atoms with Crippen molar-refractivity contribution in [3.05, 3.63) is 52.3 Å². The van der Waals surface area contributed by atoms with Crippen molar-refractivity contribution in [2.24, 2.45) is 0 Å². The first-order valence-corrected chi connectivity index (χ1v) is 7.26. The van der Waals surface area contributed by atoms with Gasteiger partial charge in [0.25, 0.3) is 5.69 Å². The molecule has 1 fully saturated rings. The lowest BCUT2D eigenvalue weighted by Gasteiger charge is -2.16. The zero-order chi connectivity index (χ0) is 15.4. The molecule has 0 aliphatic carbocycles. The monoisotopic (exact) mass is 299 g/mol. The van der Waals surface area contributed by atoms with Crippen LogP contribution in [0.5, 0.6) is 0 Å². The van der Waals surface area contributed by atoms with Gasteiger partial charge in [0.2, 0.25) is 0 Å². The van der Waals surface area contributed by atoms with Gasteiger partial charge in [-0.15, -0.1) is 0 Å². The van der Waals surface area contributed by atoms with Crippen LogP contribution >= 0.6 is 0 Å². The molecule has 7 nitrogen and oxygen atoms in total. The molecule has 0 bridgehead atoms. The maximum Gasteiger partial charge on any atom is 0.269 e. The molecule has 1 saturated heterocycles. The third kappa shape index (κ3) is 3.30. The lowest BCUT2D eigenvalue weighted by atomic mass is 10.2. The van der Waals surface area contributed by atoms with Crippen molar-refractivity contribution < 1.29 is 4.92 Å². The molecule has 0 saturated carbocycles. The van der Waals surface area contributed by atoms with Crippen LogP contribution < -0.4 is 10.2 Å². The van der Waals surface area contributed by atoms with Gasteiger partial charge in [0.1, 0.15) is 18.0 Å². The Kier molecular flexibility index (Phi) is 4.13. The van der Waals surface area contributed by atoms with E-state index >= 15 is 0 Å². The van der Waals surface area contributed by atoms with E-state index < -0.39 is 4.92 Å². The van der Waals surface area contributed by atoms with Gasteiger partial charge in [0, 0.05) is 37.8 Å². The van der Waals surface area contributed by atoms with Crippen molar-refractivity contribution in [2.75, 3.05) is 23.3 Å². The molecule has 0 amide bonds. The molecule has 1 aliphatic heterocycles. The number of anilines is 2. The summed E-state index contributed by atoms with van der Waals surface area (Å²) < 4.78 is 0. The number of non-ortho nitro benzene ring substituents is 1. The number of nitrogens with zero attached hydrogens (tertiary/aromatic N) is 4. The van der Waals surface area contributed by atoms with Gasteiger partial charge in [-0.05, 0) is 18.4 Å². The number of rotatable bonds is 5. The van der Waals surface area contributed by atoms with Gasteiger partial charge in [0.15, 0.2) is 0 Å². The van der Waals surface area contributed by atoms with E-state index in [2.05, 4.69) is 20.2 Å². The molecule has 0 radical (unpaired) electrons. The van der Waals surface area contributed by atoms with Gasteiger partial charge in [0.05, 0.1) is 4.92 Å². The fraction of sp³-hybridized carbons (Fsp3) is 0.333. The van der Waals surface area contributed by atoms with E-state index in [4.69, 9.17) is 0 Å². The minimum Gasteiger partial charge on any atom is -0.366 e. The summed E-state index contributed by atoms with van der Waals surface area (Å²) in [6, 6.07) is 8.44. The van der Waals surface area contributed by atoms with Crippen LogP contribution in [0.25, 0.3) is 0 Å². The second-order valence-corrected chi connectivity index (χ2v) is 5.23. The molecule has 3 rings (SSSR count). The summed E-state index contributed by atoms with van der Waals surface area (Å²) in [5, 5.41) is 13.8. The van der Waals surface area contributed by atoms with E-state index in [1.807, 2.05) is 6.07 Å². The van der Waals surface area contributed by atoms with Crippen LogP contribution in [0.1, 0.15) is 18.4 Å². The Morgan fingerprint density at radius 2 is 1.91 bits per heavy atom.